The molecule has 4 aliphatic rings. The van der Waals surface area contributed by atoms with E-state index in [0.29, 0.717) is 38.3 Å². The first-order valence-corrected chi connectivity index (χ1v) is 12.4. The summed E-state index contributed by atoms with van der Waals surface area (Å²) in [5.74, 6) is 0.918. The molecule has 2 aromatic carbocycles. The summed E-state index contributed by atoms with van der Waals surface area (Å²) in [6.07, 6.45) is 4.25. The van der Waals surface area contributed by atoms with E-state index in [1.54, 1.807) is 4.90 Å². The number of ether oxygens (including phenoxy) is 2. The normalized spacial score (nSPS) is 25.4. The summed E-state index contributed by atoms with van der Waals surface area (Å²) in [5.41, 5.74) is 2.32. The summed E-state index contributed by atoms with van der Waals surface area (Å²) in [5, 5.41) is 2.93. The molecule has 3 aliphatic heterocycles. The molecule has 4 amide bonds. The Labute approximate surface area is 204 Å². The summed E-state index contributed by atoms with van der Waals surface area (Å²) in [6.45, 7) is 1.58. The topological polar surface area (TPSA) is 88.2 Å². The van der Waals surface area contributed by atoms with E-state index in [0.717, 1.165) is 47.5 Å². The van der Waals surface area contributed by atoms with Crippen LogP contribution in [0.15, 0.2) is 42.5 Å². The molecule has 0 saturated carbocycles. The van der Waals surface area contributed by atoms with Gasteiger partial charge in [-0.05, 0) is 54.5 Å². The molecule has 35 heavy (non-hydrogen) atoms. The van der Waals surface area contributed by atoms with Gasteiger partial charge in [0.25, 0.3) is 5.91 Å². The van der Waals surface area contributed by atoms with Crippen molar-refractivity contribution in [1.82, 2.24) is 15.1 Å². The van der Waals surface area contributed by atoms with Gasteiger partial charge < -0.3 is 19.7 Å². The highest BCUT2D eigenvalue weighted by molar-refractivity contribution is 6.09. The number of imide groups is 1. The Hall–Kier alpha value is -3.55. The number of aryl methyl sites for hydroxylation is 1. The minimum Gasteiger partial charge on any atom is -0.490 e. The number of amides is 4. The quantitative estimate of drug-likeness (QED) is 0.690. The highest BCUT2D eigenvalue weighted by Crippen LogP contribution is 2.38. The van der Waals surface area contributed by atoms with Crippen LogP contribution in [-0.4, -0.2) is 59.5 Å². The van der Waals surface area contributed by atoms with Gasteiger partial charge in [-0.2, -0.15) is 0 Å². The first kappa shape index (κ1) is 21.9. The number of carbonyl (C=O) groups excluding carboxylic acids is 3. The Balaban J connectivity index is 1.18. The van der Waals surface area contributed by atoms with E-state index in [1.807, 2.05) is 36.4 Å². The maximum Gasteiger partial charge on any atom is 0.325 e. The zero-order valence-corrected chi connectivity index (χ0v) is 19.6. The zero-order valence-electron chi connectivity index (χ0n) is 19.6. The van der Waals surface area contributed by atoms with E-state index in [9.17, 15) is 14.4 Å². The van der Waals surface area contributed by atoms with Gasteiger partial charge in [0.05, 0.1) is 19.3 Å². The van der Waals surface area contributed by atoms with Crippen LogP contribution in [0.4, 0.5) is 4.79 Å². The predicted octanol–water partition coefficient (Wildman–Crippen LogP) is 2.99. The standard InChI is InChI=1S/C27H29N3O5/c31-24(29-12-3-7-21(29)19-8-9-22-23(15-19)35-14-4-13-34-22)17-30-25(32)27(28-26(30)33)11-10-18-5-1-2-6-20(18)16-27/h1-2,5-6,8-9,15,21H,3-4,7,10-14,16-17H2,(H,28,33). The Morgan fingerprint density at radius 2 is 1.83 bits per heavy atom. The van der Waals surface area contributed by atoms with Crippen LogP contribution in [-0.2, 0) is 22.4 Å². The number of benzene rings is 2. The van der Waals surface area contributed by atoms with Crippen LogP contribution >= 0.6 is 0 Å². The molecule has 1 N–H and O–H groups in total. The van der Waals surface area contributed by atoms with E-state index in [4.69, 9.17) is 9.47 Å². The predicted molar refractivity (Wildman–Crippen MR) is 127 cm³/mol. The van der Waals surface area contributed by atoms with E-state index in [1.165, 1.54) is 5.56 Å². The number of nitrogens with zero attached hydrogens (tertiary/aromatic N) is 2. The van der Waals surface area contributed by atoms with Crippen LogP contribution < -0.4 is 14.8 Å². The second-order valence-corrected chi connectivity index (χ2v) is 9.85. The smallest absolute Gasteiger partial charge is 0.325 e. The molecule has 8 nitrogen and oxygen atoms in total. The second-order valence-electron chi connectivity index (χ2n) is 9.85. The Morgan fingerprint density at radius 1 is 1.03 bits per heavy atom. The molecule has 1 spiro atoms. The molecule has 6 rings (SSSR count). The molecule has 2 unspecified atom stereocenters. The van der Waals surface area contributed by atoms with Crippen molar-refractivity contribution in [2.45, 2.75) is 50.1 Å². The fourth-order valence-corrected chi connectivity index (χ4v) is 5.87. The van der Waals surface area contributed by atoms with Gasteiger partial charge in [0.15, 0.2) is 11.5 Å². The van der Waals surface area contributed by atoms with Crippen molar-refractivity contribution in [2.75, 3.05) is 26.3 Å². The lowest BCUT2D eigenvalue weighted by atomic mass is 9.78. The van der Waals surface area contributed by atoms with Crippen molar-refractivity contribution in [3.8, 4) is 11.5 Å². The molecule has 0 radical (unpaired) electrons. The summed E-state index contributed by atoms with van der Waals surface area (Å²) in [7, 11) is 0. The summed E-state index contributed by atoms with van der Waals surface area (Å²) in [4.78, 5) is 42.6. The van der Waals surface area contributed by atoms with Gasteiger partial charge in [-0.25, -0.2) is 4.79 Å². The fraction of sp³-hybridized carbons (Fsp3) is 0.444. The van der Waals surface area contributed by atoms with Crippen molar-refractivity contribution in [3.05, 3.63) is 59.2 Å². The van der Waals surface area contributed by atoms with Crippen molar-refractivity contribution in [3.63, 3.8) is 0 Å². The van der Waals surface area contributed by atoms with Gasteiger partial charge in [0.2, 0.25) is 5.91 Å². The van der Waals surface area contributed by atoms with Crippen LogP contribution in [0.1, 0.15) is 48.4 Å². The molecule has 0 bridgehead atoms. The first-order chi connectivity index (χ1) is 17.0. The molecule has 1 aliphatic carbocycles. The van der Waals surface area contributed by atoms with Crippen LogP contribution in [0.3, 0.4) is 0 Å². The maximum atomic E-state index is 13.4. The lowest BCUT2D eigenvalue weighted by Crippen LogP contribution is -2.51. The van der Waals surface area contributed by atoms with Crippen LogP contribution in [0.2, 0.25) is 0 Å². The first-order valence-electron chi connectivity index (χ1n) is 12.4. The van der Waals surface area contributed by atoms with E-state index < -0.39 is 11.6 Å². The van der Waals surface area contributed by atoms with Crippen molar-refractivity contribution in [2.24, 2.45) is 0 Å². The molecule has 0 aromatic heterocycles. The average molecular weight is 476 g/mol. The second kappa shape index (κ2) is 8.59. The molecular weight excluding hydrogens is 446 g/mol. The Kier molecular flexibility index (Phi) is 5.39. The minimum absolute atomic E-state index is 0.115. The van der Waals surface area contributed by atoms with Gasteiger partial charge in [-0.15, -0.1) is 0 Å². The number of nitrogens with one attached hydrogen (secondary N) is 1. The lowest BCUT2D eigenvalue weighted by Gasteiger charge is -2.32. The van der Waals surface area contributed by atoms with Crippen molar-refractivity contribution < 1.29 is 23.9 Å². The Morgan fingerprint density at radius 3 is 2.69 bits per heavy atom. The van der Waals surface area contributed by atoms with Crippen LogP contribution in [0, 0.1) is 0 Å². The van der Waals surface area contributed by atoms with Gasteiger partial charge in [0, 0.05) is 19.4 Å². The van der Waals surface area contributed by atoms with Crippen LogP contribution in [0.5, 0.6) is 11.5 Å². The third-order valence-electron chi connectivity index (χ3n) is 7.70. The number of hydrogen-bond donors (Lipinski definition) is 1. The van der Waals surface area contributed by atoms with E-state index in [-0.39, 0.29) is 24.4 Å². The number of hydrogen-bond acceptors (Lipinski definition) is 5. The summed E-state index contributed by atoms with van der Waals surface area (Å²) in [6, 6.07) is 13.3. The molecule has 2 atom stereocenters. The number of fused-ring (bicyclic) bond motifs is 2. The Bertz CT molecular complexity index is 1200. The fourth-order valence-electron chi connectivity index (χ4n) is 5.87. The third-order valence-corrected chi connectivity index (χ3v) is 7.70. The SMILES string of the molecule is O=C1NC2(CCc3ccccc3C2)C(=O)N1CC(=O)N1CCCC1c1ccc2c(c1)OCCCO2. The highest BCUT2D eigenvalue weighted by atomic mass is 16.5. The van der Waals surface area contributed by atoms with E-state index >= 15 is 0 Å². The monoisotopic (exact) mass is 475 g/mol. The molecule has 2 fully saturated rings. The molecular formula is C27H29N3O5. The number of carbonyl (C=O) groups is 3. The summed E-state index contributed by atoms with van der Waals surface area (Å²) < 4.78 is 11.6. The number of urea groups is 1. The molecule has 3 heterocycles. The van der Waals surface area contributed by atoms with Gasteiger partial charge in [-0.3, -0.25) is 14.5 Å². The largest absolute Gasteiger partial charge is 0.490 e. The highest BCUT2D eigenvalue weighted by Gasteiger charge is 2.53. The maximum absolute atomic E-state index is 13.4. The molecule has 8 heteroatoms. The number of likely N-dealkylation sites (tertiary alicyclic amines) is 1. The van der Waals surface area contributed by atoms with E-state index in [2.05, 4.69) is 11.4 Å². The molecule has 2 aromatic rings. The summed E-state index contributed by atoms with van der Waals surface area (Å²) >= 11 is 0. The van der Waals surface area contributed by atoms with Crippen LogP contribution in [0.25, 0.3) is 0 Å². The van der Waals surface area contributed by atoms with Gasteiger partial charge >= 0.3 is 6.03 Å². The average Bonchev–Trinajstić information content (AvgIpc) is 3.34. The zero-order chi connectivity index (χ0) is 24.0. The number of rotatable bonds is 3. The molecule has 182 valence electrons. The third kappa shape index (κ3) is 3.81. The van der Waals surface area contributed by atoms with Crippen molar-refractivity contribution >= 4 is 17.8 Å². The molecule has 2 saturated heterocycles. The lowest BCUT2D eigenvalue weighted by molar-refractivity contribution is -0.139. The van der Waals surface area contributed by atoms with Gasteiger partial charge in [-0.1, -0.05) is 30.3 Å². The van der Waals surface area contributed by atoms with Crippen molar-refractivity contribution in [1.29, 1.82) is 0 Å². The van der Waals surface area contributed by atoms with Gasteiger partial charge in [0.1, 0.15) is 12.1 Å². The minimum atomic E-state index is -0.954.